The molecule has 0 saturated carbocycles. The van der Waals surface area contributed by atoms with E-state index in [-0.39, 0.29) is 16.2 Å². The molecule has 0 bridgehead atoms. The number of rotatable bonds is 0. The number of nitrogens with zero attached hydrogens (tertiary/aromatic N) is 5. The zero-order valence-corrected chi connectivity index (χ0v) is 7.82. The van der Waals surface area contributed by atoms with Crippen LogP contribution in [0.1, 0.15) is 12.6 Å². The number of fused-ring (bicyclic) bond motifs is 1. The van der Waals surface area contributed by atoms with Crippen molar-refractivity contribution in [2.24, 2.45) is 15.7 Å². The summed E-state index contributed by atoms with van der Waals surface area (Å²) in [6.45, 7) is 1.61. The van der Waals surface area contributed by atoms with Crippen LogP contribution >= 0.6 is 0 Å². The van der Waals surface area contributed by atoms with Gasteiger partial charge in [0.25, 0.3) is 0 Å². The molecule has 0 aromatic carbocycles. The van der Waals surface area contributed by atoms with Crippen LogP contribution in [-0.2, 0) is 0 Å². The molecule has 0 amide bonds. The Morgan fingerprint density at radius 2 is 2.33 bits per heavy atom. The highest BCUT2D eigenvalue weighted by Crippen LogP contribution is 2.12. The van der Waals surface area contributed by atoms with Crippen molar-refractivity contribution in [3.63, 3.8) is 0 Å². The Bertz CT molecular complexity index is 515. The van der Waals surface area contributed by atoms with Gasteiger partial charge in [-0.3, -0.25) is 9.79 Å². The molecule has 0 radical (unpaired) electrons. The summed E-state index contributed by atoms with van der Waals surface area (Å²) in [6, 6.07) is 0. The summed E-state index contributed by atoms with van der Waals surface area (Å²) in [7, 11) is 0. The third-order valence-electron chi connectivity index (χ3n) is 1.78. The highest BCUT2D eigenvalue weighted by atomic mass is 16.5. The largest absolute Gasteiger partial charge is 0.407 e. The van der Waals surface area contributed by atoms with Gasteiger partial charge in [-0.15, -0.1) is 5.10 Å². The van der Waals surface area contributed by atoms with E-state index in [1.807, 2.05) is 0 Å². The monoisotopic (exact) mass is 208 g/mol. The average molecular weight is 208 g/mol. The van der Waals surface area contributed by atoms with Gasteiger partial charge in [-0.1, -0.05) is 0 Å². The Kier molecular flexibility index (Phi) is 1.86. The molecule has 1 atom stereocenters. The Balaban J connectivity index is 2.69. The van der Waals surface area contributed by atoms with Crippen molar-refractivity contribution in [3.8, 4) is 0 Å². The predicted octanol–water partition coefficient (Wildman–Crippen LogP) is -1.31. The second kappa shape index (κ2) is 2.95. The molecular formula is C7H8N6O2. The Morgan fingerprint density at radius 1 is 1.60 bits per heavy atom. The second-order valence-electron chi connectivity index (χ2n) is 3.26. The summed E-state index contributed by atoms with van der Waals surface area (Å²) >= 11 is 0. The molecule has 0 saturated heterocycles. The van der Waals surface area contributed by atoms with Crippen molar-refractivity contribution < 1.29 is 5.21 Å². The van der Waals surface area contributed by atoms with Gasteiger partial charge in [0.2, 0.25) is 0 Å². The minimum absolute atomic E-state index is 0.0366. The molecule has 1 aliphatic heterocycles. The fourth-order valence-corrected chi connectivity index (χ4v) is 1.02. The minimum atomic E-state index is -0.993. The first-order valence-electron chi connectivity index (χ1n) is 4.08. The van der Waals surface area contributed by atoms with Gasteiger partial charge >= 0.3 is 5.56 Å². The van der Waals surface area contributed by atoms with E-state index in [0.717, 1.165) is 0 Å². The molecule has 8 nitrogen and oxygen atoms in total. The van der Waals surface area contributed by atoms with Gasteiger partial charge in [0.15, 0.2) is 5.69 Å². The van der Waals surface area contributed by atoms with Crippen LogP contribution in [0.4, 0.5) is 5.69 Å². The quantitative estimate of drug-likeness (QED) is 0.513. The minimum Gasteiger partial charge on any atom is -0.407 e. The first kappa shape index (κ1) is 9.46. The van der Waals surface area contributed by atoms with Crippen LogP contribution in [0.25, 0.3) is 0 Å². The SMILES string of the molecule is CC1(N)C=Nc2c(nnn(O)c2=O)C=N1. The van der Waals surface area contributed by atoms with E-state index in [1.54, 1.807) is 6.92 Å². The van der Waals surface area contributed by atoms with Gasteiger partial charge in [-0.25, -0.2) is 4.99 Å². The van der Waals surface area contributed by atoms with Gasteiger partial charge in [0.1, 0.15) is 11.4 Å². The van der Waals surface area contributed by atoms with Gasteiger partial charge in [0, 0.05) is 6.21 Å². The number of nitrogens with two attached hydrogens (primary N) is 1. The van der Waals surface area contributed by atoms with E-state index < -0.39 is 11.2 Å². The van der Waals surface area contributed by atoms with Crippen molar-refractivity contribution >= 4 is 18.1 Å². The molecule has 8 heteroatoms. The fraction of sp³-hybridized carbons (Fsp3) is 0.286. The Morgan fingerprint density at radius 3 is 3.07 bits per heavy atom. The first-order valence-corrected chi connectivity index (χ1v) is 4.08. The van der Waals surface area contributed by atoms with E-state index in [1.165, 1.54) is 12.4 Å². The number of hydrogen-bond donors (Lipinski definition) is 2. The molecule has 2 heterocycles. The van der Waals surface area contributed by atoms with Gasteiger partial charge in [-0.2, -0.15) is 0 Å². The number of aromatic nitrogens is 3. The summed E-state index contributed by atoms with van der Waals surface area (Å²) in [4.78, 5) is 19.3. The summed E-state index contributed by atoms with van der Waals surface area (Å²) in [6.07, 6.45) is 2.61. The smallest absolute Gasteiger partial charge is 0.332 e. The molecule has 0 aliphatic carbocycles. The molecule has 1 aromatic rings. The fourth-order valence-electron chi connectivity index (χ4n) is 1.02. The van der Waals surface area contributed by atoms with Crippen LogP contribution in [0.5, 0.6) is 0 Å². The van der Waals surface area contributed by atoms with Crippen LogP contribution in [-0.4, -0.2) is 38.5 Å². The molecule has 15 heavy (non-hydrogen) atoms. The van der Waals surface area contributed by atoms with Gasteiger partial charge < -0.3 is 10.9 Å². The van der Waals surface area contributed by atoms with Crippen molar-refractivity contribution in [2.75, 3.05) is 0 Å². The van der Waals surface area contributed by atoms with Crippen LogP contribution in [0.2, 0.25) is 0 Å². The van der Waals surface area contributed by atoms with E-state index in [2.05, 4.69) is 20.3 Å². The third kappa shape index (κ3) is 1.62. The van der Waals surface area contributed by atoms with E-state index >= 15 is 0 Å². The van der Waals surface area contributed by atoms with Crippen molar-refractivity contribution in [3.05, 3.63) is 16.0 Å². The topological polar surface area (TPSA) is 119 Å². The molecule has 2 rings (SSSR count). The van der Waals surface area contributed by atoms with Crippen LogP contribution in [0.3, 0.4) is 0 Å². The molecular weight excluding hydrogens is 200 g/mol. The lowest BCUT2D eigenvalue weighted by molar-refractivity contribution is 0.125. The predicted molar refractivity (Wildman–Crippen MR) is 51.8 cm³/mol. The molecule has 78 valence electrons. The third-order valence-corrected chi connectivity index (χ3v) is 1.78. The van der Waals surface area contributed by atoms with Crippen LogP contribution in [0.15, 0.2) is 14.8 Å². The number of hydrogen-bond acceptors (Lipinski definition) is 7. The van der Waals surface area contributed by atoms with Gasteiger partial charge in [0.05, 0.1) is 6.21 Å². The lowest BCUT2D eigenvalue weighted by Crippen LogP contribution is -2.35. The summed E-state index contributed by atoms with van der Waals surface area (Å²) in [5.74, 6) is 0. The normalized spacial score (nSPS) is 23.6. The standard InChI is InChI=1S/C7H8N6O2/c1-7(8)3-9-5-4(2-10-7)11-12-13(15)6(5)14/h2-3,15H,8H2,1H3. The lowest BCUT2D eigenvalue weighted by Gasteiger charge is -2.10. The van der Waals surface area contributed by atoms with Gasteiger partial charge in [-0.05, 0) is 17.0 Å². The maximum Gasteiger partial charge on any atom is 0.332 e. The zero-order chi connectivity index (χ0) is 11.1. The van der Waals surface area contributed by atoms with Crippen molar-refractivity contribution in [1.29, 1.82) is 0 Å². The zero-order valence-electron chi connectivity index (χ0n) is 7.82. The molecule has 0 fully saturated rings. The molecule has 0 spiro atoms. The Hall–Kier alpha value is -2.09. The highest BCUT2D eigenvalue weighted by Gasteiger charge is 2.19. The summed E-state index contributed by atoms with van der Waals surface area (Å²) < 4.78 is 0. The van der Waals surface area contributed by atoms with E-state index in [9.17, 15) is 4.79 Å². The first-order chi connectivity index (χ1) is 6.99. The second-order valence-corrected chi connectivity index (χ2v) is 3.26. The molecule has 1 unspecified atom stereocenters. The van der Waals surface area contributed by atoms with Crippen molar-refractivity contribution in [1.82, 2.24) is 15.2 Å². The average Bonchev–Trinajstić information content (AvgIpc) is 2.32. The maximum absolute atomic E-state index is 11.4. The van der Waals surface area contributed by atoms with Crippen molar-refractivity contribution in [2.45, 2.75) is 12.6 Å². The molecule has 1 aliphatic rings. The van der Waals surface area contributed by atoms with Crippen LogP contribution in [0, 0.1) is 0 Å². The lowest BCUT2D eigenvalue weighted by atomic mass is 10.3. The maximum atomic E-state index is 11.4. The van der Waals surface area contributed by atoms with E-state index in [4.69, 9.17) is 10.9 Å². The highest BCUT2D eigenvalue weighted by molar-refractivity contribution is 5.89. The summed E-state index contributed by atoms with van der Waals surface area (Å²) in [5, 5.41) is 15.7. The van der Waals surface area contributed by atoms with E-state index in [0.29, 0.717) is 0 Å². The molecule has 1 aromatic heterocycles. The van der Waals surface area contributed by atoms with Crippen LogP contribution < -0.4 is 11.3 Å². The Labute approximate surface area is 83.7 Å². The number of aliphatic imine (C=N–C) groups is 2. The molecule has 3 N–H and O–H groups in total. The summed E-state index contributed by atoms with van der Waals surface area (Å²) in [5.41, 5.74) is 4.06.